The van der Waals surface area contributed by atoms with Crippen molar-refractivity contribution in [3.63, 3.8) is 0 Å². The van der Waals surface area contributed by atoms with E-state index in [-0.39, 0.29) is 56.1 Å². The van der Waals surface area contributed by atoms with E-state index in [1.807, 2.05) is 32.8 Å². The standard InChI is InChI=1S/C54H85FN2O14/c1-15-34-25-40(59)31(5)43(61)33(7)46(71-47-44(62)39(57(12)13)23-30(4)70-47)51(10,67-14)26-28(2)42(32(6)45(63)52(34,11)65)56-69-21-20-68-48(64)54(66)29(3)22-38-37-17-16-35-24-36(58)18-19-49(35,8)53(37,55)41(60)27-50(38,54)9/h18-19,24,28-34,37-39,41,44-47,60,62-63,65-66H,15-17,20-23,25-27H2,1-14H3/b56-42-/t28-,29-,30?,31+,32+,33+,34+,37?,38?,39-,41+,44-,45-,46?,47?,49+,50+,51-,52-,53+,54+/m1/s1. The Morgan fingerprint density at radius 1 is 0.944 bits per heavy atom. The Balaban J connectivity index is 1.26. The predicted molar refractivity (Wildman–Crippen MR) is 261 cm³/mol. The molecule has 402 valence electrons. The number of Topliss-reactive ketones (excluding diaryl/α,β-unsaturated/α-hetero) is 2. The first-order valence-corrected chi connectivity index (χ1v) is 26.0. The van der Waals surface area contributed by atoms with Crippen LogP contribution in [-0.2, 0) is 43.0 Å². The van der Waals surface area contributed by atoms with Crippen LogP contribution in [0.25, 0.3) is 0 Å². The quantitative estimate of drug-likeness (QED) is 0.0832. The number of ketones is 3. The number of carbonyl (C=O) groups excluding carboxylic acids is 4. The number of aliphatic hydroxyl groups is 5. The van der Waals surface area contributed by atoms with Crippen LogP contribution in [0, 0.1) is 58.2 Å². The Bertz CT molecular complexity index is 2100. The van der Waals surface area contributed by atoms with Crippen LogP contribution >= 0.6 is 0 Å². The van der Waals surface area contributed by atoms with Gasteiger partial charge in [-0.1, -0.05) is 64.8 Å². The van der Waals surface area contributed by atoms with Crippen molar-refractivity contribution in [1.82, 2.24) is 4.90 Å². The molecule has 1 heterocycles. The number of hydrogen-bond acceptors (Lipinski definition) is 16. The third kappa shape index (κ3) is 9.68. The van der Waals surface area contributed by atoms with Gasteiger partial charge < -0.3 is 54.2 Å². The van der Waals surface area contributed by atoms with Gasteiger partial charge in [0, 0.05) is 54.1 Å². The molecule has 5 aliphatic carbocycles. The Labute approximate surface area is 420 Å². The Morgan fingerprint density at radius 3 is 2.23 bits per heavy atom. The first-order valence-electron chi connectivity index (χ1n) is 26.0. The maximum Gasteiger partial charge on any atom is 0.339 e. The number of allylic oxidation sites excluding steroid dienone is 4. The SMILES string of the molecule is CC[C@H]1CC(=O)[C@H](C)C(=O)[C@H](C)C(OC2OC(C)C[C@@H](N(C)C)[C@H]2O)[C@](C)(OC)C[C@@H](C)/C(=N/OCCOC(=O)[C@@]2(O)[C@H](C)CC3C4CCC5=CC(=O)C=C[C@]5(C)[C@@]4(F)[C@@H](O)C[C@@]32C)[C@H](C)[C@@H](O)[C@]1(C)O. The highest BCUT2D eigenvalue weighted by Crippen LogP contribution is 2.70. The summed E-state index contributed by atoms with van der Waals surface area (Å²) >= 11 is 0. The zero-order chi connectivity index (χ0) is 53.1. The number of alkyl halides is 1. The van der Waals surface area contributed by atoms with Crippen molar-refractivity contribution in [2.24, 2.45) is 63.3 Å². The van der Waals surface area contributed by atoms with Crippen molar-refractivity contribution in [1.29, 1.82) is 0 Å². The van der Waals surface area contributed by atoms with Gasteiger partial charge in [-0.15, -0.1) is 0 Å². The summed E-state index contributed by atoms with van der Waals surface area (Å²) < 4.78 is 42.7. The molecule has 0 bridgehead atoms. The molecule has 0 aromatic heterocycles. The average molecular weight is 1010 g/mol. The van der Waals surface area contributed by atoms with E-state index in [1.54, 1.807) is 54.5 Å². The molecule has 4 saturated carbocycles. The number of fused-ring (bicyclic) bond motifs is 5. The number of ether oxygens (including phenoxy) is 4. The van der Waals surface area contributed by atoms with Gasteiger partial charge in [0.1, 0.15) is 24.3 Å². The van der Waals surface area contributed by atoms with Crippen LogP contribution in [0.5, 0.6) is 0 Å². The van der Waals surface area contributed by atoms with E-state index < -0.39 is 129 Å². The number of oxime groups is 1. The fourth-order valence-electron chi connectivity index (χ4n) is 14.4. The largest absolute Gasteiger partial charge is 0.460 e. The number of carbonyl (C=O) groups is 4. The minimum Gasteiger partial charge on any atom is -0.460 e. The third-order valence-corrected chi connectivity index (χ3v) is 19.1. The van der Waals surface area contributed by atoms with Crippen molar-refractivity contribution >= 4 is 29.0 Å². The maximum atomic E-state index is 17.7. The van der Waals surface area contributed by atoms with Crippen LogP contribution in [0.15, 0.2) is 29.0 Å². The number of esters is 1. The molecule has 6 aliphatic rings. The number of rotatable bonds is 10. The molecule has 1 aliphatic heterocycles. The van der Waals surface area contributed by atoms with Gasteiger partial charge in [0.05, 0.1) is 47.2 Å². The van der Waals surface area contributed by atoms with E-state index in [0.29, 0.717) is 37.7 Å². The third-order valence-electron chi connectivity index (χ3n) is 19.1. The molecular weight excluding hydrogens is 920 g/mol. The fraction of sp³-hybridized carbons (Fsp3) is 0.833. The smallest absolute Gasteiger partial charge is 0.339 e. The minimum atomic E-state index is -2.14. The highest BCUT2D eigenvalue weighted by molar-refractivity contribution is 6.03. The first kappa shape index (κ1) is 57.3. The van der Waals surface area contributed by atoms with Crippen molar-refractivity contribution in [3.8, 4) is 0 Å². The van der Waals surface area contributed by atoms with E-state index in [9.17, 15) is 44.7 Å². The molecule has 21 atom stereocenters. The topological polar surface area (TPSA) is 231 Å². The van der Waals surface area contributed by atoms with Crippen LogP contribution in [0.3, 0.4) is 0 Å². The lowest BCUT2D eigenvalue weighted by Gasteiger charge is -2.62. The molecule has 5 N–H and O–H groups in total. The number of methoxy groups -OCH3 is 1. The van der Waals surface area contributed by atoms with Crippen LogP contribution < -0.4 is 0 Å². The molecule has 6 rings (SSSR count). The average Bonchev–Trinajstić information content (AvgIpc) is 3.51. The van der Waals surface area contributed by atoms with E-state index in [1.165, 1.54) is 33.1 Å². The lowest BCUT2D eigenvalue weighted by Crippen LogP contribution is -2.69. The molecule has 0 aromatic rings. The number of likely N-dealkylation sites (N-methyl/N-ethyl adjacent to an activating group) is 1. The molecule has 0 amide bonds. The van der Waals surface area contributed by atoms with Gasteiger partial charge in [-0.2, -0.15) is 0 Å². The van der Waals surface area contributed by atoms with Gasteiger partial charge in [0.2, 0.25) is 0 Å². The van der Waals surface area contributed by atoms with Crippen LogP contribution in [0.4, 0.5) is 4.39 Å². The van der Waals surface area contributed by atoms with E-state index >= 15 is 4.39 Å². The molecule has 17 heteroatoms. The van der Waals surface area contributed by atoms with Crippen LogP contribution in [0.2, 0.25) is 0 Å². The molecule has 0 radical (unpaired) electrons. The predicted octanol–water partition coefficient (Wildman–Crippen LogP) is 5.08. The summed E-state index contributed by atoms with van der Waals surface area (Å²) in [6.45, 7) is 18.1. The summed E-state index contributed by atoms with van der Waals surface area (Å²) in [6.07, 6.45) is -0.716. The molecular formula is C54H85FN2O14. The van der Waals surface area contributed by atoms with Crippen molar-refractivity contribution < 1.29 is 72.9 Å². The van der Waals surface area contributed by atoms with Gasteiger partial charge in [0.15, 0.2) is 29.9 Å². The summed E-state index contributed by atoms with van der Waals surface area (Å²) in [7, 11) is 5.18. The lowest BCUT2D eigenvalue weighted by atomic mass is 9.45. The number of aliphatic hydroxyl groups excluding tert-OH is 3. The van der Waals surface area contributed by atoms with Gasteiger partial charge in [0.25, 0.3) is 0 Å². The maximum absolute atomic E-state index is 17.7. The molecule has 1 saturated heterocycles. The Hall–Kier alpha value is -3.00. The molecule has 5 unspecified atom stereocenters. The highest BCUT2D eigenvalue weighted by Gasteiger charge is 2.76. The summed E-state index contributed by atoms with van der Waals surface area (Å²) in [5.74, 6) is -8.17. The summed E-state index contributed by atoms with van der Waals surface area (Å²) in [4.78, 5) is 62.7. The second-order valence-electron chi connectivity index (χ2n) is 23.6. The molecule has 16 nitrogen and oxygen atoms in total. The highest BCUT2D eigenvalue weighted by atomic mass is 19.1. The van der Waals surface area contributed by atoms with Gasteiger partial charge in [-0.05, 0) is 117 Å². The molecule has 5 fully saturated rings. The van der Waals surface area contributed by atoms with E-state index in [0.717, 1.165) is 0 Å². The summed E-state index contributed by atoms with van der Waals surface area (Å²) in [5.41, 5.74) is -8.96. The molecule has 0 spiro atoms. The monoisotopic (exact) mass is 1000 g/mol. The second kappa shape index (κ2) is 21.0. The van der Waals surface area contributed by atoms with Gasteiger partial charge in [-0.3, -0.25) is 14.4 Å². The summed E-state index contributed by atoms with van der Waals surface area (Å²) in [5, 5.41) is 64.5. The zero-order valence-corrected chi connectivity index (χ0v) is 44.6. The fourth-order valence-corrected chi connectivity index (χ4v) is 14.4. The number of nitrogens with zero attached hydrogens (tertiary/aromatic N) is 2. The van der Waals surface area contributed by atoms with Crippen LogP contribution in [0.1, 0.15) is 128 Å². The Kier molecular flexibility index (Phi) is 16.9. The van der Waals surface area contributed by atoms with Crippen molar-refractivity contribution in [3.05, 3.63) is 23.8 Å². The first-order chi connectivity index (χ1) is 32.9. The van der Waals surface area contributed by atoms with Crippen LogP contribution in [-0.4, -0.2) is 159 Å². The van der Waals surface area contributed by atoms with Gasteiger partial charge in [-0.25, -0.2) is 9.18 Å². The number of hydrogen-bond donors (Lipinski definition) is 5. The Morgan fingerprint density at radius 2 is 1.61 bits per heavy atom. The van der Waals surface area contributed by atoms with Gasteiger partial charge >= 0.3 is 5.97 Å². The van der Waals surface area contributed by atoms with Crippen molar-refractivity contribution in [2.75, 3.05) is 34.4 Å². The van der Waals surface area contributed by atoms with E-state index in [2.05, 4.69) is 5.16 Å². The number of halogens is 1. The minimum absolute atomic E-state index is 0.0972. The molecule has 71 heavy (non-hydrogen) atoms. The molecule has 0 aromatic carbocycles. The van der Waals surface area contributed by atoms with Crippen molar-refractivity contribution in [2.45, 2.75) is 193 Å². The second-order valence-corrected chi connectivity index (χ2v) is 23.6. The van der Waals surface area contributed by atoms with E-state index in [4.69, 9.17) is 23.8 Å². The zero-order valence-electron chi connectivity index (χ0n) is 44.6. The lowest BCUT2D eigenvalue weighted by molar-refractivity contribution is -0.295. The summed E-state index contributed by atoms with van der Waals surface area (Å²) in [6, 6.07) is -0.324. The normalized spacial score (nSPS) is 48.4.